The molecule has 4 rings (SSSR count). The zero-order valence-electron chi connectivity index (χ0n) is 19.8. The fourth-order valence-electron chi connectivity index (χ4n) is 4.28. The highest BCUT2D eigenvalue weighted by molar-refractivity contribution is 5.92. The van der Waals surface area contributed by atoms with E-state index in [0.717, 1.165) is 49.6 Å². The first-order valence-electron chi connectivity index (χ1n) is 11.4. The molecule has 2 heterocycles. The van der Waals surface area contributed by atoms with Crippen LogP contribution in [-0.2, 0) is 17.6 Å². The Kier molecular flexibility index (Phi) is 9.38. The number of anilines is 1. The lowest BCUT2D eigenvalue weighted by atomic mass is 9.76. The first-order chi connectivity index (χ1) is 15.3. The quantitative estimate of drug-likeness (QED) is 0.535. The molecule has 0 unspecified atom stereocenters. The van der Waals surface area contributed by atoms with Crippen molar-refractivity contribution in [2.75, 3.05) is 19.4 Å². The van der Waals surface area contributed by atoms with Crippen LogP contribution in [0, 0.1) is 11.3 Å². The molecule has 8 heteroatoms. The molecular formula is C24H38N6O2. The first-order valence-corrected chi connectivity index (χ1v) is 11.4. The zero-order valence-corrected chi connectivity index (χ0v) is 19.8. The largest absolute Gasteiger partial charge is 0.373 e. The number of pyridine rings is 1. The number of aromatic amines is 1. The van der Waals surface area contributed by atoms with Crippen LogP contribution < -0.4 is 16.8 Å². The third-order valence-corrected chi connectivity index (χ3v) is 6.11. The van der Waals surface area contributed by atoms with E-state index in [1.165, 1.54) is 37.6 Å². The third kappa shape index (κ3) is 6.63. The predicted octanol–water partition coefficient (Wildman–Crippen LogP) is 3.47. The molecule has 0 spiro atoms. The van der Waals surface area contributed by atoms with Crippen molar-refractivity contribution >= 4 is 18.0 Å². The number of fused-ring (bicyclic) bond motifs is 1. The van der Waals surface area contributed by atoms with Gasteiger partial charge in [0.1, 0.15) is 17.8 Å². The number of hydrogen-bond donors (Lipinski definition) is 4. The lowest BCUT2D eigenvalue weighted by Crippen LogP contribution is -2.22. The molecule has 1 amide bonds. The number of carbonyl (C=O) groups excluding carboxylic acids is 2. The molecule has 0 atom stereocenters. The van der Waals surface area contributed by atoms with E-state index in [1.54, 1.807) is 13.1 Å². The van der Waals surface area contributed by atoms with Gasteiger partial charge in [0.25, 0.3) is 5.91 Å². The standard InChI is InChI=1S/C16H21N5O.C7H12O.CH5N/c1-16(2)5-4-10-12(8-16)20-21-14(10)9-6-11(15(17)22)19-13(7-9)18-3;8-6-7-4-2-1-3-5-7;1-2/h6-7H,4-5,8H2,1-3H3,(H2,17,22)(H,18,19)(H,20,21);6-7H,1-5H2;2H2,1H3. The van der Waals surface area contributed by atoms with Gasteiger partial charge in [-0.2, -0.15) is 5.10 Å². The van der Waals surface area contributed by atoms with Crippen LogP contribution in [0.2, 0.25) is 0 Å². The van der Waals surface area contributed by atoms with Crippen molar-refractivity contribution < 1.29 is 9.59 Å². The van der Waals surface area contributed by atoms with E-state index >= 15 is 0 Å². The number of H-pyrrole nitrogens is 1. The average molecular weight is 443 g/mol. The van der Waals surface area contributed by atoms with Crippen molar-refractivity contribution in [2.45, 2.75) is 65.2 Å². The first kappa shape index (κ1) is 25.5. The van der Waals surface area contributed by atoms with Gasteiger partial charge in [0.2, 0.25) is 0 Å². The van der Waals surface area contributed by atoms with Gasteiger partial charge in [-0.15, -0.1) is 0 Å². The summed E-state index contributed by atoms with van der Waals surface area (Å²) in [6.45, 7) is 4.54. The molecule has 0 radical (unpaired) electrons. The Morgan fingerprint density at radius 2 is 1.91 bits per heavy atom. The second-order valence-electron chi connectivity index (χ2n) is 9.15. The third-order valence-electron chi connectivity index (χ3n) is 6.11. The van der Waals surface area contributed by atoms with Crippen molar-refractivity contribution in [1.29, 1.82) is 0 Å². The molecule has 0 saturated heterocycles. The topological polar surface area (TPSA) is 140 Å². The predicted molar refractivity (Wildman–Crippen MR) is 128 cm³/mol. The summed E-state index contributed by atoms with van der Waals surface area (Å²) < 4.78 is 0. The van der Waals surface area contributed by atoms with Crippen molar-refractivity contribution in [3.8, 4) is 11.3 Å². The smallest absolute Gasteiger partial charge is 0.267 e. The summed E-state index contributed by atoms with van der Waals surface area (Å²) in [4.78, 5) is 25.8. The minimum absolute atomic E-state index is 0.245. The maximum absolute atomic E-state index is 11.5. The molecule has 2 aliphatic rings. The van der Waals surface area contributed by atoms with Crippen LogP contribution in [0.4, 0.5) is 5.82 Å². The summed E-state index contributed by atoms with van der Waals surface area (Å²) in [7, 11) is 3.26. The molecule has 2 aromatic rings. The van der Waals surface area contributed by atoms with E-state index in [1.807, 2.05) is 6.07 Å². The van der Waals surface area contributed by atoms with E-state index in [9.17, 15) is 9.59 Å². The number of amides is 1. The molecule has 0 bridgehead atoms. The molecule has 1 saturated carbocycles. The Balaban J connectivity index is 0.000000304. The van der Waals surface area contributed by atoms with Crippen LogP contribution in [0.1, 0.15) is 74.1 Å². The summed E-state index contributed by atoms with van der Waals surface area (Å²) in [5.74, 6) is 0.479. The van der Waals surface area contributed by atoms with E-state index in [-0.39, 0.29) is 5.69 Å². The number of primary amides is 1. The van der Waals surface area contributed by atoms with Gasteiger partial charge in [-0.25, -0.2) is 4.98 Å². The van der Waals surface area contributed by atoms with Crippen molar-refractivity contribution in [3.05, 3.63) is 29.1 Å². The summed E-state index contributed by atoms with van der Waals surface area (Å²) >= 11 is 0. The Hall–Kier alpha value is -2.74. The van der Waals surface area contributed by atoms with Gasteiger partial charge in [0.15, 0.2) is 0 Å². The zero-order chi connectivity index (χ0) is 23.7. The SMILES string of the molecule is CN.CNc1cc(-c2n[nH]c3c2CCC(C)(C)C3)cc(C(N)=O)n1.O=CC1CCCCC1. The van der Waals surface area contributed by atoms with E-state index in [4.69, 9.17) is 5.73 Å². The number of aldehydes is 1. The van der Waals surface area contributed by atoms with Gasteiger partial charge in [-0.1, -0.05) is 33.1 Å². The van der Waals surface area contributed by atoms with E-state index < -0.39 is 5.91 Å². The second-order valence-corrected chi connectivity index (χ2v) is 9.15. The van der Waals surface area contributed by atoms with Crippen molar-refractivity contribution in [2.24, 2.45) is 22.8 Å². The van der Waals surface area contributed by atoms with E-state index in [2.05, 4.69) is 40.1 Å². The molecule has 0 aromatic carbocycles. The highest BCUT2D eigenvalue weighted by atomic mass is 16.1. The minimum atomic E-state index is -0.538. The maximum Gasteiger partial charge on any atom is 0.267 e. The van der Waals surface area contributed by atoms with Gasteiger partial charge in [0.05, 0.1) is 5.69 Å². The molecule has 2 aromatic heterocycles. The highest BCUT2D eigenvalue weighted by Crippen LogP contribution is 2.38. The normalized spacial score (nSPS) is 17.0. The number of rotatable bonds is 4. The Labute approximate surface area is 190 Å². The van der Waals surface area contributed by atoms with Gasteiger partial charge in [-0.3, -0.25) is 9.89 Å². The number of nitrogens with zero attached hydrogens (tertiary/aromatic N) is 2. The molecule has 6 N–H and O–H groups in total. The fourth-order valence-corrected chi connectivity index (χ4v) is 4.28. The van der Waals surface area contributed by atoms with Crippen LogP contribution >= 0.6 is 0 Å². The summed E-state index contributed by atoms with van der Waals surface area (Å²) in [6.07, 6.45) is 10.4. The van der Waals surface area contributed by atoms with Crippen LogP contribution in [0.3, 0.4) is 0 Å². The monoisotopic (exact) mass is 442 g/mol. The molecule has 32 heavy (non-hydrogen) atoms. The molecular weight excluding hydrogens is 404 g/mol. The lowest BCUT2D eigenvalue weighted by Gasteiger charge is -2.29. The number of aromatic nitrogens is 3. The Morgan fingerprint density at radius 1 is 1.22 bits per heavy atom. The van der Waals surface area contributed by atoms with Crippen LogP contribution in [-0.4, -0.2) is 41.5 Å². The summed E-state index contributed by atoms with van der Waals surface area (Å²) in [5.41, 5.74) is 14.6. The van der Waals surface area contributed by atoms with Gasteiger partial charge in [-0.05, 0) is 56.7 Å². The van der Waals surface area contributed by atoms with E-state index in [0.29, 0.717) is 17.2 Å². The van der Waals surface area contributed by atoms with Gasteiger partial charge >= 0.3 is 0 Å². The number of carbonyl (C=O) groups is 2. The number of hydrogen-bond acceptors (Lipinski definition) is 6. The van der Waals surface area contributed by atoms with Crippen LogP contribution in [0.5, 0.6) is 0 Å². The van der Waals surface area contributed by atoms with Crippen LogP contribution in [0.25, 0.3) is 11.3 Å². The van der Waals surface area contributed by atoms with Crippen molar-refractivity contribution in [1.82, 2.24) is 15.2 Å². The van der Waals surface area contributed by atoms with Gasteiger partial charge < -0.3 is 21.6 Å². The fraction of sp³-hybridized carbons (Fsp3) is 0.583. The second kappa shape index (κ2) is 11.8. The summed E-state index contributed by atoms with van der Waals surface area (Å²) in [6, 6.07) is 3.60. The number of nitrogens with two attached hydrogens (primary N) is 2. The Bertz CT molecular complexity index is 900. The van der Waals surface area contributed by atoms with Crippen LogP contribution in [0.15, 0.2) is 12.1 Å². The van der Waals surface area contributed by atoms with Gasteiger partial charge in [0, 0.05) is 29.8 Å². The highest BCUT2D eigenvalue weighted by Gasteiger charge is 2.29. The molecule has 1 fully saturated rings. The number of nitrogens with one attached hydrogen (secondary N) is 2. The minimum Gasteiger partial charge on any atom is -0.373 e. The molecule has 8 nitrogen and oxygen atoms in total. The molecule has 0 aliphatic heterocycles. The average Bonchev–Trinajstić information content (AvgIpc) is 3.22. The Morgan fingerprint density at radius 3 is 2.47 bits per heavy atom. The summed E-state index contributed by atoms with van der Waals surface area (Å²) in [5, 5.41) is 10.6. The molecule has 2 aliphatic carbocycles. The van der Waals surface area contributed by atoms with Crippen molar-refractivity contribution in [3.63, 3.8) is 0 Å². The lowest BCUT2D eigenvalue weighted by molar-refractivity contribution is -0.111. The maximum atomic E-state index is 11.5. The molecule has 176 valence electrons.